The van der Waals surface area contributed by atoms with Crippen molar-refractivity contribution in [1.29, 1.82) is 0 Å². The lowest BCUT2D eigenvalue weighted by Crippen LogP contribution is -2.25. The fraction of sp³-hybridized carbons (Fsp3) is 0.167. The third kappa shape index (κ3) is 3.46. The summed E-state index contributed by atoms with van der Waals surface area (Å²) in [6.45, 7) is 0.222. The highest BCUT2D eigenvalue weighted by atomic mass is 35.5. The molecule has 0 bridgehead atoms. The number of aromatic amines is 1. The Morgan fingerprint density at radius 2 is 2.10 bits per heavy atom. The number of halogens is 4. The van der Waals surface area contributed by atoms with Gasteiger partial charge >= 0.3 is 6.18 Å². The van der Waals surface area contributed by atoms with Crippen molar-refractivity contribution in [2.75, 3.05) is 11.9 Å². The van der Waals surface area contributed by atoms with Crippen LogP contribution >= 0.6 is 11.6 Å². The molecule has 0 aliphatic carbocycles. The fourth-order valence-electron chi connectivity index (χ4n) is 1.61. The predicted molar refractivity (Wildman–Crippen MR) is 70.7 cm³/mol. The Kier molecular flexibility index (Phi) is 4.08. The molecule has 0 atom stereocenters. The second-order valence-corrected chi connectivity index (χ2v) is 4.57. The zero-order valence-electron chi connectivity index (χ0n) is 10.3. The van der Waals surface area contributed by atoms with Crippen molar-refractivity contribution < 1.29 is 18.0 Å². The van der Waals surface area contributed by atoms with Crippen LogP contribution in [-0.4, -0.2) is 17.4 Å². The summed E-state index contributed by atoms with van der Waals surface area (Å²) in [6, 6.07) is 0.565. The molecule has 1 aromatic rings. The van der Waals surface area contributed by atoms with Gasteiger partial charge in [-0.05, 0) is 18.3 Å². The molecule has 9 heteroatoms. The van der Waals surface area contributed by atoms with Crippen molar-refractivity contribution in [2.45, 2.75) is 6.18 Å². The van der Waals surface area contributed by atoms with Gasteiger partial charge in [-0.25, -0.2) is 0 Å². The molecule has 0 saturated heterocycles. The monoisotopic (exact) mass is 319 g/mol. The molecule has 112 valence electrons. The van der Waals surface area contributed by atoms with Crippen LogP contribution in [0.1, 0.15) is 5.56 Å². The summed E-state index contributed by atoms with van der Waals surface area (Å²) >= 11 is 5.83. The number of aromatic nitrogens is 1. The lowest BCUT2D eigenvalue weighted by molar-refractivity contribution is -0.137. The van der Waals surface area contributed by atoms with Gasteiger partial charge < -0.3 is 15.6 Å². The van der Waals surface area contributed by atoms with Crippen molar-refractivity contribution in [1.82, 2.24) is 10.3 Å². The molecule has 21 heavy (non-hydrogen) atoms. The van der Waals surface area contributed by atoms with E-state index >= 15 is 0 Å². The van der Waals surface area contributed by atoms with Crippen molar-refractivity contribution >= 4 is 23.2 Å². The molecule has 0 unspecified atom stereocenters. The number of dihydropyridines is 1. The van der Waals surface area contributed by atoms with Gasteiger partial charge in [0, 0.05) is 11.2 Å². The van der Waals surface area contributed by atoms with Crippen molar-refractivity contribution in [2.24, 2.45) is 0 Å². The minimum absolute atomic E-state index is 0.0761. The van der Waals surface area contributed by atoms with Gasteiger partial charge in [-0.2, -0.15) is 13.2 Å². The number of hydrogen-bond donors (Lipinski definition) is 3. The van der Waals surface area contributed by atoms with Gasteiger partial charge in [0.2, 0.25) is 0 Å². The maximum absolute atomic E-state index is 12.6. The van der Waals surface area contributed by atoms with E-state index in [2.05, 4.69) is 10.6 Å². The van der Waals surface area contributed by atoms with E-state index in [0.29, 0.717) is 12.3 Å². The van der Waals surface area contributed by atoms with E-state index < -0.39 is 28.9 Å². The first kappa shape index (κ1) is 15.2. The highest BCUT2D eigenvalue weighted by Crippen LogP contribution is 2.29. The molecule has 5 nitrogen and oxygen atoms in total. The summed E-state index contributed by atoms with van der Waals surface area (Å²) in [5, 5.41) is 5.07. The van der Waals surface area contributed by atoms with Gasteiger partial charge in [-0.1, -0.05) is 11.6 Å². The Labute approximate surface area is 121 Å². The second kappa shape index (κ2) is 5.65. The third-order valence-electron chi connectivity index (χ3n) is 2.64. The van der Waals surface area contributed by atoms with Crippen molar-refractivity contribution in [3.05, 3.63) is 51.1 Å². The second-order valence-electron chi connectivity index (χ2n) is 4.12. The molecular weight excluding hydrogens is 311 g/mol. The van der Waals surface area contributed by atoms with Gasteiger partial charge in [0.15, 0.2) is 0 Å². The molecule has 0 spiro atoms. The first-order valence-corrected chi connectivity index (χ1v) is 6.06. The molecule has 0 fully saturated rings. The van der Waals surface area contributed by atoms with E-state index in [4.69, 9.17) is 11.6 Å². The highest BCUT2D eigenvalue weighted by Gasteiger charge is 2.31. The highest BCUT2D eigenvalue weighted by molar-refractivity contribution is 6.33. The number of carbonyl (C=O) groups excluding carboxylic acids is 1. The number of alkyl halides is 3. The van der Waals surface area contributed by atoms with Gasteiger partial charge in [-0.15, -0.1) is 0 Å². The molecule has 0 saturated carbocycles. The van der Waals surface area contributed by atoms with E-state index in [9.17, 15) is 22.8 Å². The largest absolute Gasteiger partial charge is 0.417 e. The van der Waals surface area contributed by atoms with Crippen LogP contribution in [0.15, 0.2) is 39.9 Å². The van der Waals surface area contributed by atoms with Gasteiger partial charge in [0.25, 0.3) is 11.5 Å². The van der Waals surface area contributed by atoms with Crippen molar-refractivity contribution in [3.63, 3.8) is 0 Å². The Morgan fingerprint density at radius 1 is 1.38 bits per heavy atom. The van der Waals surface area contributed by atoms with Gasteiger partial charge in [-0.3, -0.25) is 9.59 Å². The smallest absolute Gasteiger partial charge is 0.386 e. The van der Waals surface area contributed by atoms with E-state index in [1.54, 1.807) is 0 Å². The summed E-state index contributed by atoms with van der Waals surface area (Å²) in [5.41, 5.74) is -2.34. The number of anilines is 1. The number of nitrogens with one attached hydrogen (secondary N) is 3. The summed E-state index contributed by atoms with van der Waals surface area (Å²) in [5.74, 6) is -0.762. The Morgan fingerprint density at radius 3 is 2.71 bits per heavy atom. The number of pyridine rings is 1. The maximum atomic E-state index is 12.6. The average molecular weight is 320 g/mol. The normalized spacial score (nSPS) is 14.9. The molecule has 0 radical (unpaired) electrons. The van der Waals surface area contributed by atoms with Gasteiger partial charge in [0.05, 0.1) is 17.7 Å². The topological polar surface area (TPSA) is 74.0 Å². The number of rotatable bonds is 2. The van der Waals surface area contributed by atoms with Crippen molar-refractivity contribution in [3.8, 4) is 0 Å². The first-order valence-electron chi connectivity index (χ1n) is 5.69. The van der Waals surface area contributed by atoms with Crippen LogP contribution in [0.3, 0.4) is 0 Å². The predicted octanol–water partition coefficient (Wildman–Crippen LogP) is 1.94. The average Bonchev–Trinajstić information content (AvgIpc) is 2.40. The number of carbonyl (C=O) groups is 1. The van der Waals surface area contributed by atoms with E-state index in [0.717, 1.165) is 0 Å². The number of hydrogen-bond acceptors (Lipinski definition) is 3. The van der Waals surface area contributed by atoms with Crippen LogP contribution in [0.25, 0.3) is 0 Å². The van der Waals surface area contributed by atoms with E-state index in [-0.39, 0.29) is 17.2 Å². The van der Waals surface area contributed by atoms with Crippen LogP contribution in [0.4, 0.5) is 18.9 Å². The number of H-pyrrole nitrogens is 1. The number of amides is 1. The van der Waals surface area contributed by atoms with Gasteiger partial charge in [0.1, 0.15) is 5.69 Å². The lowest BCUT2D eigenvalue weighted by atomic mass is 10.2. The molecular formula is C12H9ClF3N3O2. The zero-order valence-corrected chi connectivity index (χ0v) is 11.1. The van der Waals surface area contributed by atoms with Crippen LogP contribution in [0.5, 0.6) is 0 Å². The van der Waals surface area contributed by atoms with Crippen LogP contribution in [-0.2, 0) is 11.0 Å². The standard InChI is InChI=1S/C12H9ClF3N3O2/c13-8-5-17-2-1-7(8)10(20)19-9-3-6(12(14,15)16)4-18-11(9)21/h1-4,17H,5H2,(H,18,21)(H,19,20). The SMILES string of the molecule is O=C(Nc1cc(C(F)(F)F)c[nH]c1=O)C1=C(Cl)CNC=C1. The molecule has 1 amide bonds. The van der Waals surface area contributed by atoms with Crippen LogP contribution in [0.2, 0.25) is 0 Å². The molecule has 2 rings (SSSR count). The van der Waals surface area contributed by atoms with Crippen LogP contribution in [0, 0.1) is 0 Å². The minimum Gasteiger partial charge on any atom is -0.386 e. The summed E-state index contributed by atoms with van der Waals surface area (Å²) in [7, 11) is 0. The zero-order chi connectivity index (χ0) is 15.6. The fourth-order valence-corrected chi connectivity index (χ4v) is 1.83. The lowest BCUT2D eigenvalue weighted by Gasteiger charge is -2.13. The molecule has 1 aliphatic heterocycles. The molecule has 1 aromatic heterocycles. The quantitative estimate of drug-likeness (QED) is 0.780. The molecule has 1 aliphatic rings. The Hall–Kier alpha value is -2.22. The summed E-state index contributed by atoms with van der Waals surface area (Å²) < 4.78 is 37.7. The Bertz CT molecular complexity index is 692. The Balaban J connectivity index is 2.30. The van der Waals surface area contributed by atoms with Crippen LogP contribution < -0.4 is 16.2 Å². The van der Waals surface area contributed by atoms with E-state index in [1.807, 2.05) is 4.98 Å². The molecule has 0 aromatic carbocycles. The summed E-state index contributed by atoms with van der Waals surface area (Å²) in [4.78, 5) is 25.3. The third-order valence-corrected chi connectivity index (χ3v) is 2.98. The maximum Gasteiger partial charge on any atom is 0.417 e. The summed E-state index contributed by atoms with van der Waals surface area (Å²) in [6.07, 6.45) is -1.26. The van der Waals surface area contributed by atoms with E-state index in [1.165, 1.54) is 12.3 Å². The first-order chi connectivity index (χ1) is 9.79. The molecule has 3 N–H and O–H groups in total. The minimum atomic E-state index is -4.63. The molecule has 2 heterocycles.